The van der Waals surface area contributed by atoms with Gasteiger partial charge < -0.3 is 5.11 Å². The smallest absolute Gasteiger partial charge is 0.248 e. The van der Waals surface area contributed by atoms with Crippen molar-refractivity contribution in [2.45, 2.75) is 24.2 Å². The van der Waals surface area contributed by atoms with Crippen LogP contribution < -0.4 is 0 Å². The molecular weight excluding hydrogens is 307 g/mol. The summed E-state index contributed by atoms with van der Waals surface area (Å²) in [7, 11) is -4.36. The van der Waals surface area contributed by atoms with Crippen molar-refractivity contribution in [1.29, 1.82) is 0 Å². The van der Waals surface area contributed by atoms with Crippen LogP contribution in [0.5, 0.6) is 0 Å². The second kappa shape index (κ2) is 6.33. The summed E-state index contributed by atoms with van der Waals surface area (Å²) >= 11 is 0. The summed E-state index contributed by atoms with van der Waals surface area (Å²) in [6.07, 6.45) is 1.73. The molecule has 0 saturated carbocycles. The van der Waals surface area contributed by atoms with Crippen molar-refractivity contribution in [3.05, 3.63) is 29.6 Å². The molecule has 1 atom stereocenters. The van der Waals surface area contributed by atoms with E-state index in [2.05, 4.69) is 0 Å². The van der Waals surface area contributed by atoms with Gasteiger partial charge in [0.2, 0.25) is 10.0 Å². The topological polar surface area (TPSA) is 57.6 Å². The third-order valence-electron chi connectivity index (χ3n) is 3.58. The summed E-state index contributed by atoms with van der Waals surface area (Å²) in [5.74, 6) is -4.08. The molecule has 1 aliphatic heterocycles. The van der Waals surface area contributed by atoms with Gasteiger partial charge in [0, 0.05) is 31.8 Å². The summed E-state index contributed by atoms with van der Waals surface area (Å²) in [5.41, 5.74) is 0. The van der Waals surface area contributed by atoms with Gasteiger partial charge in [-0.15, -0.1) is 0 Å². The quantitative estimate of drug-likeness (QED) is 0.920. The average Bonchev–Trinajstić information content (AvgIpc) is 2.37. The molecule has 1 unspecified atom stereocenters. The minimum Gasteiger partial charge on any atom is -0.396 e. The number of piperidine rings is 1. The highest BCUT2D eigenvalue weighted by Gasteiger charge is 2.34. The van der Waals surface area contributed by atoms with E-state index in [0.717, 1.165) is 10.7 Å². The van der Waals surface area contributed by atoms with Crippen LogP contribution in [0.4, 0.5) is 13.2 Å². The maximum Gasteiger partial charge on any atom is 0.248 e. The summed E-state index contributed by atoms with van der Waals surface area (Å²) in [6.45, 7) is 0.178. The lowest BCUT2D eigenvalue weighted by Crippen LogP contribution is -2.40. The van der Waals surface area contributed by atoms with E-state index in [4.69, 9.17) is 5.11 Å². The van der Waals surface area contributed by atoms with E-state index in [1.165, 1.54) is 0 Å². The first-order chi connectivity index (χ1) is 9.86. The first kappa shape index (κ1) is 16.3. The molecule has 4 nitrogen and oxygen atoms in total. The van der Waals surface area contributed by atoms with Crippen molar-refractivity contribution in [2.75, 3.05) is 19.7 Å². The first-order valence-electron chi connectivity index (χ1n) is 6.62. The van der Waals surface area contributed by atoms with E-state index >= 15 is 0 Å². The summed E-state index contributed by atoms with van der Waals surface area (Å²) in [5, 5.41) is 8.91. The molecule has 0 spiro atoms. The molecule has 1 fully saturated rings. The van der Waals surface area contributed by atoms with Crippen molar-refractivity contribution < 1.29 is 26.7 Å². The van der Waals surface area contributed by atoms with Gasteiger partial charge in [0.05, 0.1) is 0 Å². The Morgan fingerprint density at radius 1 is 1.24 bits per heavy atom. The predicted molar refractivity (Wildman–Crippen MR) is 69.5 cm³/mol. The number of nitrogens with zero attached hydrogens (tertiary/aromatic N) is 1. The predicted octanol–water partition coefficient (Wildman–Crippen LogP) is 1.89. The van der Waals surface area contributed by atoms with Crippen LogP contribution in [-0.4, -0.2) is 37.5 Å². The fourth-order valence-corrected chi connectivity index (χ4v) is 4.21. The summed E-state index contributed by atoms with van der Waals surface area (Å²) in [6, 6.07) is 0.705. The molecule has 1 aromatic rings. The molecule has 1 aliphatic rings. The van der Waals surface area contributed by atoms with Gasteiger partial charge in [-0.2, -0.15) is 4.31 Å². The Kier molecular flexibility index (Phi) is 4.90. The van der Waals surface area contributed by atoms with Crippen molar-refractivity contribution in [3.63, 3.8) is 0 Å². The third kappa shape index (κ3) is 3.38. The van der Waals surface area contributed by atoms with Crippen molar-refractivity contribution in [1.82, 2.24) is 4.31 Å². The molecule has 0 radical (unpaired) electrons. The minimum absolute atomic E-state index is 0.0508. The number of sulfonamides is 1. The zero-order valence-electron chi connectivity index (χ0n) is 11.2. The largest absolute Gasteiger partial charge is 0.396 e. The number of rotatable bonds is 4. The van der Waals surface area contributed by atoms with E-state index in [1.54, 1.807) is 0 Å². The normalized spacial score (nSPS) is 20.7. The molecule has 1 heterocycles. The van der Waals surface area contributed by atoms with Gasteiger partial charge in [0.1, 0.15) is 17.5 Å². The van der Waals surface area contributed by atoms with Crippen LogP contribution in [0.15, 0.2) is 17.0 Å². The third-order valence-corrected chi connectivity index (χ3v) is 5.50. The second-order valence-electron chi connectivity index (χ2n) is 5.08. The molecule has 0 bridgehead atoms. The summed E-state index contributed by atoms with van der Waals surface area (Å²) < 4.78 is 65.9. The van der Waals surface area contributed by atoms with Crippen molar-refractivity contribution in [3.8, 4) is 0 Å². The van der Waals surface area contributed by atoms with E-state index in [-0.39, 0.29) is 25.6 Å². The lowest BCUT2D eigenvalue weighted by atomic mass is 9.97. The molecule has 118 valence electrons. The molecule has 1 saturated heterocycles. The number of halogens is 3. The molecular formula is C13H16F3NO3S. The number of aliphatic hydroxyl groups excluding tert-OH is 1. The number of benzene rings is 1. The fourth-order valence-electron chi connectivity index (χ4n) is 2.57. The minimum atomic E-state index is -4.36. The van der Waals surface area contributed by atoms with Gasteiger partial charge in [0.15, 0.2) is 4.90 Å². The lowest BCUT2D eigenvalue weighted by molar-refractivity contribution is 0.202. The van der Waals surface area contributed by atoms with Gasteiger partial charge in [-0.25, -0.2) is 21.6 Å². The molecule has 2 rings (SSSR count). The lowest BCUT2D eigenvalue weighted by Gasteiger charge is -2.31. The Balaban J connectivity index is 2.34. The highest BCUT2D eigenvalue weighted by Crippen LogP contribution is 2.28. The standard InChI is InChI=1S/C13H16F3NO3S/c14-10-6-11(15)13(12(16)7-10)21(19,20)17-4-1-2-9(8-17)3-5-18/h6-7,9,18H,1-5,8H2. The Hall–Kier alpha value is -1.12. The van der Waals surface area contributed by atoms with Gasteiger partial charge >= 0.3 is 0 Å². The zero-order valence-corrected chi connectivity index (χ0v) is 12.0. The van der Waals surface area contributed by atoms with E-state index in [9.17, 15) is 21.6 Å². The van der Waals surface area contributed by atoms with Gasteiger partial charge in [0.25, 0.3) is 0 Å². The van der Waals surface area contributed by atoms with Crippen molar-refractivity contribution in [2.24, 2.45) is 5.92 Å². The van der Waals surface area contributed by atoms with Crippen LogP contribution >= 0.6 is 0 Å². The first-order valence-corrected chi connectivity index (χ1v) is 8.06. The van der Waals surface area contributed by atoms with Crippen LogP contribution in [0.2, 0.25) is 0 Å². The molecule has 0 aliphatic carbocycles. The van der Waals surface area contributed by atoms with E-state index < -0.39 is 32.4 Å². The second-order valence-corrected chi connectivity index (χ2v) is 6.96. The molecule has 8 heteroatoms. The Bertz CT molecular complexity index is 596. The SMILES string of the molecule is O=S(=O)(c1c(F)cc(F)cc1F)N1CCCC(CCO)C1. The molecule has 21 heavy (non-hydrogen) atoms. The maximum atomic E-state index is 13.7. The van der Waals surface area contributed by atoms with Gasteiger partial charge in [-0.1, -0.05) is 0 Å². The Morgan fingerprint density at radius 2 is 1.86 bits per heavy atom. The van der Waals surface area contributed by atoms with Crippen LogP contribution in [-0.2, 0) is 10.0 Å². The van der Waals surface area contributed by atoms with Gasteiger partial charge in [-0.05, 0) is 25.2 Å². The van der Waals surface area contributed by atoms with Gasteiger partial charge in [-0.3, -0.25) is 0 Å². The van der Waals surface area contributed by atoms with E-state index in [1.807, 2.05) is 0 Å². The summed E-state index contributed by atoms with van der Waals surface area (Å²) in [4.78, 5) is -1.12. The highest BCUT2D eigenvalue weighted by molar-refractivity contribution is 7.89. The van der Waals surface area contributed by atoms with Crippen LogP contribution in [0.25, 0.3) is 0 Å². The molecule has 1 aromatic carbocycles. The number of aliphatic hydroxyl groups is 1. The average molecular weight is 323 g/mol. The Labute approximate surface area is 121 Å². The molecule has 1 N–H and O–H groups in total. The zero-order chi connectivity index (χ0) is 15.6. The Morgan fingerprint density at radius 3 is 2.43 bits per heavy atom. The van der Waals surface area contributed by atoms with Crippen LogP contribution in [0.3, 0.4) is 0 Å². The highest BCUT2D eigenvalue weighted by atomic mass is 32.2. The monoisotopic (exact) mass is 323 g/mol. The van der Waals surface area contributed by atoms with Crippen molar-refractivity contribution >= 4 is 10.0 Å². The number of hydrogen-bond acceptors (Lipinski definition) is 3. The number of hydrogen-bond donors (Lipinski definition) is 1. The fraction of sp³-hybridized carbons (Fsp3) is 0.538. The van der Waals surface area contributed by atoms with Crippen LogP contribution in [0.1, 0.15) is 19.3 Å². The molecule has 0 aromatic heterocycles. The molecule has 0 amide bonds. The maximum absolute atomic E-state index is 13.7. The van der Waals surface area contributed by atoms with Crippen LogP contribution in [0, 0.1) is 23.4 Å². The van der Waals surface area contributed by atoms with E-state index in [0.29, 0.717) is 25.0 Å².